The summed E-state index contributed by atoms with van der Waals surface area (Å²) in [5.74, 6) is 0.684. The van der Waals surface area contributed by atoms with E-state index in [1.165, 1.54) is 21.3 Å². The summed E-state index contributed by atoms with van der Waals surface area (Å²) in [6, 6.07) is 3.14. The highest BCUT2D eigenvalue weighted by atomic mass is 16.5. The van der Waals surface area contributed by atoms with E-state index in [0.717, 1.165) is 0 Å². The van der Waals surface area contributed by atoms with E-state index < -0.39 is 0 Å². The van der Waals surface area contributed by atoms with Crippen molar-refractivity contribution in [2.45, 2.75) is 19.8 Å². The zero-order chi connectivity index (χ0) is 17.2. The van der Waals surface area contributed by atoms with Gasteiger partial charge in [0.25, 0.3) is 5.91 Å². The van der Waals surface area contributed by atoms with Gasteiger partial charge in [0.1, 0.15) is 0 Å². The van der Waals surface area contributed by atoms with Crippen LogP contribution in [0, 0.1) is 0 Å². The average molecular weight is 325 g/mol. The van der Waals surface area contributed by atoms with E-state index in [2.05, 4.69) is 5.32 Å². The second-order valence-corrected chi connectivity index (χ2v) is 4.58. The highest BCUT2D eigenvalue weighted by Gasteiger charge is 2.16. The number of carbonyl (C=O) groups is 2. The summed E-state index contributed by atoms with van der Waals surface area (Å²) in [6.45, 7) is 2.48. The van der Waals surface area contributed by atoms with Gasteiger partial charge in [0, 0.05) is 18.5 Å². The third-order valence-electron chi connectivity index (χ3n) is 3.08. The van der Waals surface area contributed by atoms with Gasteiger partial charge in [0.15, 0.2) is 11.5 Å². The zero-order valence-electron chi connectivity index (χ0n) is 13.9. The van der Waals surface area contributed by atoms with Crippen molar-refractivity contribution in [1.29, 1.82) is 0 Å². The largest absolute Gasteiger partial charge is 0.493 e. The fraction of sp³-hybridized carbons (Fsp3) is 0.500. The monoisotopic (exact) mass is 325 g/mol. The van der Waals surface area contributed by atoms with Crippen molar-refractivity contribution >= 4 is 11.9 Å². The van der Waals surface area contributed by atoms with Crippen LogP contribution in [0.3, 0.4) is 0 Å². The Morgan fingerprint density at radius 3 is 2.13 bits per heavy atom. The molecule has 0 saturated heterocycles. The Morgan fingerprint density at radius 2 is 1.65 bits per heavy atom. The number of ether oxygens (including phenoxy) is 4. The maximum atomic E-state index is 12.2. The van der Waals surface area contributed by atoms with Gasteiger partial charge in [-0.25, -0.2) is 0 Å². The van der Waals surface area contributed by atoms with Crippen LogP contribution in [0.2, 0.25) is 0 Å². The molecular formula is C16H23NO6. The molecule has 23 heavy (non-hydrogen) atoms. The van der Waals surface area contributed by atoms with Crippen LogP contribution in [0.4, 0.5) is 0 Å². The van der Waals surface area contributed by atoms with Gasteiger partial charge in [-0.2, -0.15) is 0 Å². The van der Waals surface area contributed by atoms with Crippen molar-refractivity contribution in [2.75, 3.05) is 34.5 Å². The van der Waals surface area contributed by atoms with Crippen molar-refractivity contribution in [1.82, 2.24) is 5.32 Å². The quantitative estimate of drug-likeness (QED) is 0.550. The van der Waals surface area contributed by atoms with Gasteiger partial charge in [0.2, 0.25) is 5.75 Å². The summed E-state index contributed by atoms with van der Waals surface area (Å²) < 4.78 is 20.4. The molecule has 1 aromatic rings. The Labute approximate surface area is 135 Å². The molecule has 0 aliphatic carbocycles. The first-order valence-electron chi connectivity index (χ1n) is 7.31. The Kier molecular flexibility index (Phi) is 7.73. The number of hydrogen-bond acceptors (Lipinski definition) is 6. The molecule has 0 spiro atoms. The Hall–Kier alpha value is -2.44. The van der Waals surface area contributed by atoms with Crippen LogP contribution in [-0.2, 0) is 9.53 Å². The van der Waals surface area contributed by atoms with Crippen molar-refractivity contribution in [3.8, 4) is 17.2 Å². The number of carbonyl (C=O) groups excluding carboxylic acids is 2. The van der Waals surface area contributed by atoms with Crippen molar-refractivity contribution < 1.29 is 28.5 Å². The minimum absolute atomic E-state index is 0.267. The predicted octanol–water partition coefficient (Wildman–Crippen LogP) is 1.79. The van der Waals surface area contributed by atoms with E-state index in [-0.39, 0.29) is 18.3 Å². The van der Waals surface area contributed by atoms with Crippen LogP contribution < -0.4 is 19.5 Å². The van der Waals surface area contributed by atoms with E-state index in [4.69, 9.17) is 18.9 Å². The Morgan fingerprint density at radius 1 is 1.04 bits per heavy atom. The molecule has 0 unspecified atom stereocenters. The third-order valence-corrected chi connectivity index (χ3v) is 3.08. The summed E-state index contributed by atoms with van der Waals surface area (Å²) in [4.78, 5) is 23.4. The zero-order valence-corrected chi connectivity index (χ0v) is 13.9. The Balaban J connectivity index is 2.67. The molecule has 0 bridgehead atoms. The van der Waals surface area contributed by atoms with E-state index in [1.807, 2.05) is 0 Å². The summed E-state index contributed by atoms with van der Waals surface area (Å²) in [5.41, 5.74) is 0.385. The van der Waals surface area contributed by atoms with Gasteiger partial charge < -0.3 is 24.3 Å². The molecule has 0 aromatic heterocycles. The molecule has 1 rings (SSSR count). The molecule has 7 nitrogen and oxygen atoms in total. The van der Waals surface area contributed by atoms with Crippen molar-refractivity contribution in [2.24, 2.45) is 0 Å². The van der Waals surface area contributed by atoms with Gasteiger partial charge in [-0.1, -0.05) is 0 Å². The molecular weight excluding hydrogens is 302 g/mol. The number of rotatable bonds is 9. The number of nitrogens with one attached hydrogen (secondary N) is 1. The molecule has 0 atom stereocenters. The molecule has 0 radical (unpaired) electrons. The van der Waals surface area contributed by atoms with Crippen LogP contribution in [-0.4, -0.2) is 46.4 Å². The summed E-state index contributed by atoms with van der Waals surface area (Å²) in [5, 5.41) is 2.74. The van der Waals surface area contributed by atoms with Crippen LogP contribution in [0.25, 0.3) is 0 Å². The minimum Gasteiger partial charge on any atom is -0.493 e. The lowest BCUT2D eigenvalue weighted by Gasteiger charge is -2.14. The topological polar surface area (TPSA) is 83.1 Å². The molecule has 1 aromatic carbocycles. The maximum absolute atomic E-state index is 12.2. The first-order chi connectivity index (χ1) is 11.1. The number of benzene rings is 1. The normalized spacial score (nSPS) is 9.91. The maximum Gasteiger partial charge on any atom is 0.305 e. The first-order valence-corrected chi connectivity index (χ1v) is 7.31. The molecule has 7 heteroatoms. The van der Waals surface area contributed by atoms with Gasteiger partial charge in [-0.15, -0.1) is 0 Å². The van der Waals surface area contributed by atoms with E-state index in [1.54, 1.807) is 19.1 Å². The van der Waals surface area contributed by atoms with Crippen LogP contribution in [0.5, 0.6) is 17.2 Å². The van der Waals surface area contributed by atoms with Gasteiger partial charge in [0.05, 0.1) is 27.9 Å². The molecule has 0 aliphatic heterocycles. The first kappa shape index (κ1) is 18.6. The molecule has 1 N–H and O–H groups in total. The SMILES string of the molecule is CCOC(=O)CCCNC(=O)c1cc(OC)c(OC)c(OC)c1. The Bertz CT molecular complexity index is 518. The number of methoxy groups -OCH3 is 3. The lowest BCUT2D eigenvalue weighted by atomic mass is 10.1. The van der Waals surface area contributed by atoms with E-state index in [9.17, 15) is 9.59 Å². The third kappa shape index (κ3) is 5.36. The second kappa shape index (κ2) is 9.55. The highest BCUT2D eigenvalue weighted by molar-refractivity contribution is 5.95. The molecule has 128 valence electrons. The molecule has 0 fully saturated rings. The van der Waals surface area contributed by atoms with Crippen LogP contribution in [0.1, 0.15) is 30.1 Å². The summed E-state index contributed by atoms with van der Waals surface area (Å²) in [6.07, 6.45) is 0.776. The molecule has 0 aliphatic rings. The molecule has 0 heterocycles. The fourth-order valence-electron chi connectivity index (χ4n) is 1.98. The van der Waals surface area contributed by atoms with Gasteiger partial charge in [-0.05, 0) is 25.5 Å². The van der Waals surface area contributed by atoms with Crippen LogP contribution in [0.15, 0.2) is 12.1 Å². The number of amides is 1. The fourth-order valence-corrected chi connectivity index (χ4v) is 1.98. The lowest BCUT2D eigenvalue weighted by molar-refractivity contribution is -0.143. The number of hydrogen-bond donors (Lipinski definition) is 1. The molecule has 1 amide bonds. The van der Waals surface area contributed by atoms with Gasteiger partial charge >= 0.3 is 5.97 Å². The van der Waals surface area contributed by atoms with E-state index in [0.29, 0.717) is 42.4 Å². The van der Waals surface area contributed by atoms with Gasteiger partial charge in [-0.3, -0.25) is 9.59 Å². The summed E-state index contributed by atoms with van der Waals surface area (Å²) in [7, 11) is 4.46. The van der Waals surface area contributed by atoms with Crippen LogP contribution >= 0.6 is 0 Å². The minimum atomic E-state index is -0.284. The standard InChI is InChI=1S/C16H23NO6/c1-5-23-14(18)7-6-8-17-16(19)11-9-12(20-2)15(22-4)13(10-11)21-3/h9-10H,5-8H2,1-4H3,(H,17,19). The van der Waals surface area contributed by atoms with Crippen molar-refractivity contribution in [3.05, 3.63) is 17.7 Å². The lowest BCUT2D eigenvalue weighted by Crippen LogP contribution is -2.25. The van der Waals surface area contributed by atoms with Crippen molar-refractivity contribution in [3.63, 3.8) is 0 Å². The highest BCUT2D eigenvalue weighted by Crippen LogP contribution is 2.38. The predicted molar refractivity (Wildman–Crippen MR) is 84.3 cm³/mol. The smallest absolute Gasteiger partial charge is 0.305 e. The van der Waals surface area contributed by atoms with E-state index >= 15 is 0 Å². The second-order valence-electron chi connectivity index (χ2n) is 4.58. The number of esters is 1. The molecule has 0 saturated carbocycles. The average Bonchev–Trinajstić information content (AvgIpc) is 2.57. The summed E-state index contributed by atoms with van der Waals surface area (Å²) >= 11 is 0.